The van der Waals surface area contributed by atoms with Gasteiger partial charge in [-0.05, 0) is 22.4 Å². The summed E-state index contributed by atoms with van der Waals surface area (Å²) in [5.74, 6) is 0.578. The summed E-state index contributed by atoms with van der Waals surface area (Å²) >= 11 is 0. The van der Waals surface area contributed by atoms with E-state index in [4.69, 9.17) is 0 Å². The number of aromatic nitrogens is 5. The van der Waals surface area contributed by atoms with Crippen LogP contribution in [0.2, 0.25) is 0 Å². The average Bonchev–Trinajstić information content (AvgIpc) is 2.84. The van der Waals surface area contributed by atoms with Crippen LogP contribution in [0, 0.1) is 5.92 Å². The van der Waals surface area contributed by atoms with Crippen LogP contribution >= 0.6 is 0 Å². The molecule has 3 rings (SSSR count). The van der Waals surface area contributed by atoms with E-state index < -0.39 is 0 Å². The maximum absolute atomic E-state index is 4.13. The molecule has 0 spiro atoms. The molecular formula is C12H14N6. The van der Waals surface area contributed by atoms with E-state index in [0.717, 1.165) is 28.8 Å². The Bertz CT molecular complexity index is 687. The lowest BCUT2D eigenvalue weighted by Crippen LogP contribution is -2.09. The number of anilines is 1. The van der Waals surface area contributed by atoms with E-state index in [2.05, 4.69) is 39.7 Å². The maximum atomic E-state index is 4.13. The summed E-state index contributed by atoms with van der Waals surface area (Å²) in [5, 5.41) is 16.2. The summed E-state index contributed by atoms with van der Waals surface area (Å²) in [7, 11) is 0. The van der Waals surface area contributed by atoms with Gasteiger partial charge in [0, 0.05) is 29.9 Å². The van der Waals surface area contributed by atoms with Crippen molar-refractivity contribution in [2.24, 2.45) is 5.92 Å². The number of tetrazole rings is 1. The molecule has 0 aliphatic heterocycles. The van der Waals surface area contributed by atoms with Crippen LogP contribution in [0.25, 0.3) is 16.6 Å². The minimum absolute atomic E-state index is 0.578. The van der Waals surface area contributed by atoms with Crippen molar-refractivity contribution in [3.8, 4) is 0 Å². The smallest absolute Gasteiger partial charge is 0.182 e. The zero-order valence-corrected chi connectivity index (χ0v) is 10.3. The summed E-state index contributed by atoms with van der Waals surface area (Å²) in [4.78, 5) is 4.13. The molecule has 0 radical (unpaired) electrons. The van der Waals surface area contributed by atoms with Crippen molar-refractivity contribution in [2.75, 3.05) is 11.9 Å². The molecule has 1 N–H and O–H groups in total. The Morgan fingerprint density at radius 3 is 3.11 bits per heavy atom. The van der Waals surface area contributed by atoms with Crippen LogP contribution in [-0.4, -0.2) is 31.6 Å². The molecule has 18 heavy (non-hydrogen) atoms. The largest absolute Gasteiger partial charge is 0.384 e. The van der Waals surface area contributed by atoms with Gasteiger partial charge in [-0.1, -0.05) is 13.8 Å². The van der Waals surface area contributed by atoms with Gasteiger partial charge >= 0.3 is 0 Å². The van der Waals surface area contributed by atoms with Crippen LogP contribution in [0.4, 0.5) is 5.69 Å². The van der Waals surface area contributed by atoms with E-state index in [1.807, 2.05) is 12.1 Å². The highest BCUT2D eigenvalue weighted by molar-refractivity contribution is 5.93. The summed E-state index contributed by atoms with van der Waals surface area (Å²) in [6.45, 7) is 5.26. The molecule has 0 unspecified atom stereocenters. The summed E-state index contributed by atoms with van der Waals surface area (Å²) in [6, 6.07) is 3.93. The lowest BCUT2D eigenvalue weighted by Gasteiger charge is -2.11. The number of rotatable bonds is 3. The van der Waals surface area contributed by atoms with Crippen molar-refractivity contribution < 1.29 is 0 Å². The summed E-state index contributed by atoms with van der Waals surface area (Å²) in [6.07, 6.45) is 3.55. The van der Waals surface area contributed by atoms with Crippen molar-refractivity contribution >= 4 is 22.2 Å². The molecule has 0 aliphatic rings. The van der Waals surface area contributed by atoms with E-state index in [1.165, 1.54) is 0 Å². The number of fused-ring (bicyclic) bond motifs is 3. The predicted octanol–water partition coefficient (Wildman–Crippen LogP) is 1.74. The van der Waals surface area contributed by atoms with Gasteiger partial charge in [0.25, 0.3) is 0 Å². The van der Waals surface area contributed by atoms with Gasteiger partial charge in [-0.15, -0.1) is 5.10 Å². The molecule has 92 valence electrons. The van der Waals surface area contributed by atoms with Crippen LogP contribution in [0.5, 0.6) is 0 Å². The molecule has 0 amide bonds. The highest BCUT2D eigenvalue weighted by Crippen LogP contribution is 2.23. The maximum Gasteiger partial charge on any atom is 0.182 e. The molecule has 0 saturated heterocycles. The summed E-state index contributed by atoms with van der Waals surface area (Å²) in [5.41, 5.74) is 2.68. The first-order valence-electron chi connectivity index (χ1n) is 5.94. The van der Waals surface area contributed by atoms with Crippen LogP contribution < -0.4 is 5.32 Å². The van der Waals surface area contributed by atoms with Crippen LogP contribution in [0.15, 0.2) is 24.5 Å². The monoisotopic (exact) mass is 242 g/mol. The van der Waals surface area contributed by atoms with Crippen LogP contribution in [0.3, 0.4) is 0 Å². The fraction of sp³-hybridized carbons (Fsp3) is 0.333. The molecular weight excluding hydrogens is 228 g/mol. The molecule has 0 atom stereocenters. The lowest BCUT2D eigenvalue weighted by atomic mass is 10.2. The van der Waals surface area contributed by atoms with Gasteiger partial charge in [-0.2, -0.15) is 4.52 Å². The minimum Gasteiger partial charge on any atom is -0.384 e. The molecule has 6 heteroatoms. The lowest BCUT2D eigenvalue weighted by molar-refractivity contribution is 0.689. The SMILES string of the molecule is CC(C)CNc1cc2nnnn2c2cnccc12. The molecule has 3 aromatic rings. The Balaban J connectivity index is 2.20. The number of nitrogens with zero attached hydrogens (tertiary/aromatic N) is 5. The van der Waals surface area contributed by atoms with Crippen LogP contribution in [-0.2, 0) is 0 Å². The number of hydrogen-bond acceptors (Lipinski definition) is 5. The Morgan fingerprint density at radius 2 is 2.28 bits per heavy atom. The molecule has 0 fully saturated rings. The topological polar surface area (TPSA) is 68.0 Å². The Labute approximate surface area is 104 Å². The van der Waals surface area contributed by atoms with E-state index >= 15 is 0 Å². The minimum atomic E-state index is 0.578. The third-order valence-corrected chi connectivity index (χ3v) is 2.79. The van der Waals surface area contributed by atoms with Gasteiger partial charge in [-0.25, -0.2) is 0 Å². The number of hydrogen-bond donors (Lipinski definition) is 1. The van der Waals surface area contributed by atoms with Gasteiger partial charge in [0.15, 0.2) is 5.65 Å². The van der Waals surface area contributed by atoms with Crippen molar-refractivity contribution in [1.82, 2.24) is 25.0 Å². The number of pyridine rings is 2. The van der Waals surface area contributed by atoms with E-state index in [-0.39, 0.29) is 0 Å². The third kappa shape index (κ3) is 1.75. The molecule has 3 heterocycles. The normalized spacial score (nSPS) is 11.5. The predicted molar refractivity (Wildman–Crippen MR) is 69.4 cm³/mol. The summed E-state index contributed by atoms with van der Waals surface area (Å²) < 4.78 is 1.70. The van der Waals surface area contributed by atoms with E-state index in [0.29, 0.717) is 5.92 Å². The van der Waals surface area contributed by atoms with Crippen molar-refractivity contribution in [1.29, 1.82) is 0 Å². The number of nitrogens with one attached hydrogen (secondary N) is 1. The molecule has 3 aromatic heterocycles. The van der Waals surface area contributed by atoms with Gasteiger partial charge in [-0.3, -0.25) is 4.98 Å². The fourth-order valence-electron chi connectivity index (χ4n) is 1.91. The van der Waals surface area contributed by atoms with Crippen molar-refractivity contribution in [2.45, 2.75) is 13.8 Å². The Kier molecular flexibility index (Phi) is 2.55. The zero-order chi connectivity index (χ0) is 12.5. The zero-order valence-electron chi connectivity index (χ0n) is 10.3. The van der Waals surface area contributed by atoms with Crippen LogP contribution in [0.1, 0.15) is 13.8 Å². The Hall–Kier alpha value is -2.24. The van der Waals surface area contributed by atoms with Gasteiger partial charge < -0.3 is 5.32 Å². The Morgan fingerprint density at radius 1 is 1.39 bits per heavy atom. The molecule has 6 nitrogen and oxygen atoms in total. The van der Waals surface area contributed by atoms with Gasteiger partial charge in [0.2, 0.25) is 0 Å². The second kappa shape index (κ2) is 4.21. The van der Waals surface area contributed by atoms with Crippen molar-refractivity contribution in [3.05, 3.63) is 24.5 Å². The standard InChI is InChI=1S/C12H14N6/c1-8(2)6-14-10-5-12-15-16-17-18(12)11-7-13-4-3-9(10)11/h3-5,7-8,14H,6H2,1-2H3. The van der Waals surface area contributed by atoms with E-state index in [9.17, 15) is 0 Å². The molecule has 0 aliphatic carbocycles. The first kappa shape index (κ1) is 10.9. The van der Waals surface area contributed by atoms with Gasteiger partial charge in [0.05, 0.1) is 11.7 Å². The van der Waals surface area contributed by atoms with Gasteiger partial charge in [0.1, 0.15) is 0 Å². The molecule has 0 aromatic carbocycles. The second-order valence-electron chi connectivity index (χ2n) is 4.67. The quantitative estimate of drug-likeness (QED) is 0.757. The average molecular weight is 242 g/mol. The first-order valence-corrected chi connectivity index (χ1v) is 5.94. The second-order valence-corrected chi connectivity index (χ2v) is 4.67. The first-order chi connectivity index (χ1) is 8.75. The highest BCUT2D eigenvalue weighted by atomic mass is 15.5. The fourth-order valence-corrected chi connectivity index (χ4v) is 1.91. The van der Waals surface area contributed by atoms with Crippen molar-refractivity contribution in [3.63, 3.8) is 0 Å². The highest BCUT2D eigenvalue weighted by Gasteiger charge is 2.08. The van der Waals surface area contributed by atoms with E-state index in [1.54, 1.807) is 16.9 Å². The third-order valence-electron chi connectivity index (χ3n) is 2.79. The molecule has 0 saturated carbocycles. The molecule has 0 bridgehead atoms.